The molecule has 0 atom stereocenters. The maximum atomic E-state index is 12.8. The van der Waals surface area contributed by atoms with E-state index in [0.717, 1.165) is 62.3 Å². The molecule has 5 rings (SSSR count). The minimum atomic E-state index is -0.000822. The molecule has 0 aromatic heterocycles. The molecule has 1 fully saturated rings. The highest BCUT2D eigenvalue weighted by Crippen LogP contribution is 2.32. The summed E-state index contributed by atoms with van der Waals surface area (Å²) in [5, 5.41) is 3.23. The van der Waals surface area contributed by atoms with Gasteiger partial charge >= 0.3 is 0 Å². The molecule has 1 N–H and O–H groups in total. The third-order valence-electron chi connectivity index (χ3n) is 7.01. The fourth-order valence-electron chi connectivity index (χ4n) is 5.07. The van der Waals surface area contributed by atoms with Crippen molar-refractivity contribution in [3.63, 3.8) is 0 Å². The van der Waals surface area contributed by atoms with Crippen molar-refractivity contribution < 1.29 is 9.59 Å². The standard InChI is InChI=1S/C29H31N3O2/c1-21(33)32-18-13-26-19-25(11-12-28(26)32)23-7-9-24(10-8-23)29(34)30-27-14-16-31(17-15-27)20-22-5-3-2-4-6-22/h2-12,19,27H,13-18,20H2,1H3,(H,30,34). The number of nitrogens with zero attached hydrogens (tertiary/aromatic N) is 2. The monoisotopic (exact) mass is 453 g/mol. The van der Waals surface area contributed by atoms with Gasteiger partial charge in [0.05, 0.1) is 0 Å². The van der Waals surface area contributed by atoms with Gasteiger partial charge in [0.1, 0.15) is 0 Å². The van der Waals surface area contributed by atoms with E-state index in [1.165, 1.54) is 11.1 Å². The number of carbonyl (C=O) groups is 2. The van der Waals surface area contributed by atoms with Crippen molar-refractivity contribution in [2.45, 2.75) is 38.8 Å². The van der Waals surface area contributed by atoms with Crippen LogP contribution in [0.1, 0.15) is 41.3 Å². The number of benzene rings is 3. The van der Waals surface area contributed by atoms with Gasteiger partial charge in [-0.25, -0.2) is 0 Å². The number of hydrogen-bond acceptors (Lipinski definition) is 3. The fraction of sp³-hybridized carbons (Fsp3) is 0.310. The Bertz CT molecular complexity index is 1170. The van der Waals surface area contributed by atoms with Gasteiger partial charge in [-0.2, -0.15) is 0 Å². The first-order chi connectivity index (χ1) is 16.6. The molecule has 5 heteroatoms. The van der Waals surface area contributed by atoms with Gasteiger partial charge in [0.2, 0.25) is 5.91 Å². The Kier molecular flexibility index (Phi) is 6.45. The predicted molar refractivity (Wildman–Crippen MR) is 136 cm³/mol. The summed E-state index contributed by atoms with van der Waals surface area (Å²) >= 11 is 0. The highest BCUT2D eigenvalue weighted by atomic mass is 16.2. The van der Waals surface area contributed by atoms with Gasteiger partial charge in [0.25, 0.3) is 5.91 Å². The molecular formula is C29H31N3O2. The van der Waals surface area contributed by atoms with Crippen molar-refractivity contribution in [2.75, 3.05) is 24.5 Å². The molecule has 2 heterocycles. The van der Waals surface area contributed by atoms with Gasteiger partial charge < -0.3 is 10.2 Å². The summed E-state index contributed by atoms with van der Waals surface area (Å²) in [7, 11) is 0. The summed E-state index contributed by atoms with van der Waals surface area (Å²) in [5.74, 6) is 0.0860. The summed E-state index contributed by atoms with van der Waals surface area (Å²) in [5.41, 5.74) is 6.44. The van der Waals surface area contributed by atoms with E-state index in [9.17, 15) is 9.59 Å². The van der Waals surface area contributed by atoms with Crippen LogP contribution >= 0.6 is 0 Å². The molecule has 3 aromatic carbocycles. The van der Waals surface area contributed by atoms with E-state index in [2.05, 4.69) is 46.6 Å². The van der Waals surface area contributed by atoms with Crippen molar-refractivity contribution in [1.29, 1.82) is 0 Å². The quantitative estimate of drug-likeness (QED) is 0.612. The van der Waals surface area contributed by atoms with E-state index in [-0.39, 0.29) is 17.9 Å². The van der Waals surface area contributed by atoms with Crippen LogP contribution in [0.4, 0.5) is 5.69 Å². The number of carbonyl (C=O) groups excluding carboxylic acids is 2. The highest BCUT2D eigenvalue weighted by molar-refractivity contribution is 5.95. The topological polar surface area (TPSA) is 52.7 Å². The van der Waals surface area contributed by atoms with Gasteiger partial charge in [-0.3, -0.25) is 14.5 Å². The van der Waals surface area contributed by atoms with Crippen LogP contribution in [-0.4, -0.2) is 42.4 Å². The molecule has 1 saturated heterocycles. The zero-order chi connectivity index (χ0) is 23.5. The molecule has 0 spiro atoms. The van der Waals surface area contributed by atoms with Crippen LogP contribution in [0.5, 0.6) is 0 Å². The van der Waals surface area contributed by atoms with Crippen molar-refractivity contribution in [3.8, 4) is 11.1 Å². The number of fused-ring (bicyclic) bond motifs is 1. The lowest BCUT2D eigenvalue weighted by Crippen LogP contribution is -2.44. The summed E-state index contributed by atoms with van der Waals surface area (Å²) in [6.07, 6.45) is 2.83. The predicted octanol–water partition coefficient (Wildman–Crippen LogP) is 4.66. The van der Waals surface area contributed by atoms with Crippen molar-refractivity contribution >= 4 is 17.5 Å². The lowest BCUT2D eigenvalue weighted by atomic mass is 10.00. The fourth-order valence-corrected chi connectivity index (χ4v) is 5.07. The summed E-state index contributed by atoms with van der Waals surface area (Å²) in [4.78, 5) is 28.9. The molecule has 0 bridgehead atoms. The molecule has 0 radical (unpaired) electrons. The first kappa shape index (κ1) is 22.4. The molecule has 2 aliphatic rings. The van der Waals surface area contributed by atoms with Gasteiger partial charge in [0.15, 0.2) is 0 Å². The van der Waals surface area contributed by atoms with E-state index >= 15 is 0 Å². The first-order valence-electron chi connectivity index (χ1n) is 12.2. The average Bonchev–Trinajstić information content (AvgIpc) is 3.30. The number of amides is 2. The van der Waals surface area contributed by atoms with E-state index in [0.29, 0.717) is 5.56 Å². The third kappa shape index (κ3) is 4.90. The van der Waals surface area contributed by atoms with E-state index in [1.807, 2.05) is 41.3 Å². The Hall–Kier alpha value is -3.44. The van der Waals surface area contributed by atoms with E-state index < -0.39 is 0 Å². The zero-order valence-corrected chi connectivity index (χ0v) is 19.7. The van der Waals surface area contributed by atoms with Crippen LogP contribution in [0.15, 0.2) is 72.8 Å². The number of rotatable bonds is 5. The lowest BCUT2D eigenvalue weighted by molar-refractivity contribution is -0.116. The van der Waals surface area contributed by atoms with Crippen LogP contribution in [-0.2, 0) is 17.8 Å². The Morgan fingerprint density at radius 1 is 0.882 bits per heavy atom. The van der Waals surface area contributed by atoms with Crippen LogP contribution < -0.4 is 10.2 Å². The largest absolute Gasteiger partial charge is 0.349 e. The molecule has 5 nitrogen and oxygen atoms in total. The van der Waals surface area contributed by atoms with Gasteiger partial charge in [-0.05, 0) is 65.8 Å². The molecule has 2 amide bonds. The molecule has 0 unspecified atom stereocenters. The second kappa shape index (κ2) is 9.82. The number of nitrogens with one attached hydrogen (secondary N) is 1. The van der Waals surface area contributed by atoms with Gasteiger partial charge in [-0.15, -0.1) is 0 Å². The van der Waals surface area contributed by atoms with Gasteiger partial charge in [-0.1, -0.05) is 48.5 Å². The van der Waals surface area contributed by atoms with Crippen LogP contribution in [0.25, 0.3) is 11.1 Å². The zero-order valence-electron chi connectivity index (χ0n) is 19.7. The maximum Gasteiger partial charge on any atom is 0.251 e. The van der Waals surface area contributed by atoms with Gasteiger partial charge in [0, 0.05) is 50.4 Å². The molecule has 0 saturated carbocycles. The Balaban J connectivity index is 1.16. The van der Waals surface area contributed by atoms with Crippen LogP contribution in [0.2, 0.25) is 0 Å². The minimum Gasteiger partial charge on any atom is -0.349 e. The van der Waals surface area contributed by atoms with Crippen LogP contribution in [0.3, 0.4) is 0 Å². The highest BCUT2D eigenvalue weighted by Gasteiger charge is 2.23. The average molecular weight is 454 g/mol. The number of anilines is 1. The summed E-state index contributed by atoms with van der Waals surface area (Å²) in [6.45, 7) is 5.33. The van der Waals surface area contributed by atoms with Crippen LogP contribution in [0, 0.1) is 0 Å². The molecule has 34 heavy (non-hydrogen) atoms. The number of likely N-dealkylation sites (tertiary alicyclic amines) is 1. The Labute approximate surface area is 201 Å². The van der Waals surface area contributed by atoms with Crippen molar-refractivity contribution in [3.05, 3.63) is 89.5 Å². The normalized spacial score (nSPS) is 16.3. The number of piperidine rings is 1. The minimum absolute atomic E-state index is 0.000822. The van der Waals surface area contributed by atoms with E-state index in [1.54, 1.807) is 6.92 Å². The summed E-state index contributed by atoms with van der Waals surface area (Å²) < 4.78 is 0. The maximum absolute atomic E-state index is 12.8. The second-order valence-electron chi connectivity index (χ2n) is 9.35. The lowest BCUT2D eigenvalue weighted by Gasteiger charge is -2.32. The Morgan fingerprint density at radius 2 is 1.59 bits per heavy atom. The molecule has 2 aliphatic heterocycles. The second-order valence-corrected chi connectivity index (χ2v) is 9.35. The smallest absolute Gasteiger partial charge is 0.251 e. The van der Waals surface area contributed by atoms with Crippen molar-refractivity contribution in [2.24, 2.45) is 0 Å². The Morgan fingerprint density at radius 3 is 2.29 bits per heavy atom. The third-order valence-corrected chi connectivity index (χ3v) is 7.01. The molecule has 0 aliphatic carbocycles. The van der Waals surface area contributed by atoms with Crippen molar-refractivity contribution in [1.82, 2.24) is 10.2 Å². The first-order valence-corrected chi connectivity index (χ1v) is 12.2. The summed E-state index contributed by atoms with van der Waals surface area (Å²) in [6, 6.07) is 24.9. The molecule has 174 valence electrons. The molecular weight excluding hydrogens is 422 g/mol. The number of hydrogen-bond donors (Lipinski definition) is 1. The van der Waals surface area contributed by atoms with E-state index in [4.69, 9.17) is 0 Å². The molecule has 3 aromatic rings. The SMILES string of the molecule is CC(=O)N1CCc2cc(-c3ccc(C(=O)NC4CCN(Cc5ccccc5)CC4)cc3)ccc21.